The van der Waals surface area contributed by atoms with E-state index in [-0.39, 0.29) is 12.0 Å². The van der Waals surface area contributed by atoms with Crippen molar-refractivity contribution in [3.05, 3.63) is 40.7 Å². The largest absolute Gasteiger partial charge is 0.496 e. The molecule has 0 saturated carbocycles. The summed E-state index contributed by atoms with van der Waals surface area (Å²) in [7, 11) is 1.63. The van der Waals surface area contributed by atoms with Crippen molar-refractivity contribution in [3.8, 4) is 17.1 Å². The van der Waals surface area contributed by atoms with Crippen LogP contribution in [0.3, 0.4) is 0 Å². The Bertz CT molecular complexity index is 654. The van der Waals surface area contributed by atoms with Gasteiger partial charge in [-0.3, -0.25) is 0 Å². The maximum Gasteiger partial charge on any atom is 0.233 e. The van der Waals surface area contributed by atoms with Gasteiger partial charge in [0.2, 0.25) is 11.7 Å². The average molecular weight is 336 g/mol. The Kier molecular flexibility index (Phi) is 3.58. The van der Waals surface area contributed by atoms with Crippen molar-refractivity contribution in [1.29, 1.82) is 0 Å². The second kappa shape index (κ2) is 5.38. The molecule has 0 fully saturated rings. The summed E-state index contributed by atoms with van der Waals surface area (Å²) in [6.07, 6.45) is 4.80. The highest BCUT2D eigenvalue weighted by atomic mass is 79.9. The Morgan fingerprint density at radius 2 is 2.25 bits per heavy atom. The van der Waals surface area contributed by atoms with Gasteiger partial charge in [-0.2, -0.15) is 4.98 Å². The molecule has 0 bridgehead atoms. The Morgan fingerprint density at radius 3 is 2.90 bits per heavy atom. The zero-order chi connectivity index (χ0) is 14.1. The van der Waals surface area contributed by atoms with E-state index in [9.17, 15) is 0 Å². The molecule has 2 aromatic rings. The van der Waals surface area contributed by atoms with Crippen LogP contribution in [0.5, 0.6) is 5.75 Å². The molecule has 6 heteroatoms. The van der Waals surface area contributed by atoms with Gasteiger partial charge in [0.05, 0.1) is 17.5 Å². The van der Waals surface area contributed by atoms with Crippen LogP contribution in [0.1, 0.15) is 18.2 Å². The summed E-state index contributed by atoms with van der Waals surface area (Å²) in [5.41, 5.74) is 6.71. The second-order valence-corrected chi connectivity index (χ2v) is 5.55. The lowest BCUT2D eigenvalue weighted by atomic mass is 10.1. The molecule has 2 N–H and O–H groups in total. The number of benzene rings is 1. The van der Waals surface area contributed by atoms with Gasteiger partial charge in [0.25, 0.3) is 0 Å². The van der Waals surface area contributed by atoms with E-state index in [1.54, 1.807) is 7.11 Å². The highest BCUT2D eigenvalue weighted by molar-refractivity contribution is 9.10. The summed E-state index contributed by atoms with van der Waals surface area (Å²) in [5.74, 6) is 2.06. The van der Waals surface area contributed by atoms with Crippen molar-refractivity contribution in [1.82, 2.24) is 10.1 Å². The standard InChI is InChI=1S/C14H14BrN3O2/c1-19-12-5-3-8(7-11(12)15)13-17-14(20-18-13)9-2-4-10(16)6-9/h2-5,7,9-10H,6,16H2,1H3. The van der Waals surface area contributed by atoms with E-state index in [0.717, 1.165) is 22.2 Å². The Balaban J connectivity index is 1.86. The fourth-order valence-electron chi connectivity index (χ4n) is 2.22. The van der Waals surface area contributed by atoms with Crippen LogP contribution in [-0.4, -0.2) is 23.3 Å². The van der Waals surface area contributed by atoms with Gasteiger partial charge in [-0.15, -0.1) is 0 Å². The quantitative estimate of drug-likeness (QED) is 0.873. The van der Waals surface area contributed by atoms with Crippen LogP contribution in [0.2, 0.25) is 0 Å². The molecule has 5 nitrogen and oxygen atoms in total. The van der Waals surface area contributed by atoms with E-state index in [0.29, 0.717) is 11.7 Å². The molecule has 104 valence electrons. The van der Waals surface area contributed by atoms with E-state index in [1.165, 1.54) is 0 Å². The summed E-state index contributed by atoms with van der Waals surface area (Å²) >= 11 is 3.45. The third-order valence-corrected chi connectivity index (χ3v) is 3.91. The fourth-order valence-corrected chi connectivity index (χ4v) is 2.76. The van der Waals surface area contributed by atoms with Gasteiger partial charge in [-0.05, 0) is 40.5 Å². The summed E-state index contributed by atoms with van der Waals surface area (Å²) in [5, 5.41) is 4.03. The normalized spacial score (nSPS) is 21.4. The molecule has 0 radical (unpaired) electrons. The molecule has 2 unspecified atom stereocenters. The predicted molar refractivity (Wildman–Crippen MR) is 78.5 cm³/mol. The minimum atomic E-state index is 0.0745. The number of halogens is 1. The van der Waals surface area contributed by atoms with Gasteiger partial charge in [-0.25, -0.2) is 0 Å². The first-order valence-electron chi connectivity index (χ1n) is 6.29. The number of allylic oxidation sites excluding steroid dienone is 1. The average Bonchev–Trinajstić information content (AvgIpc) is 3.07. The van der Waals surface area contributed by atoms with Gasteiger partial charge in [0.1, 0.15) is 5.75 Å². The number of ether oxygens (including phenoxy) is 1. The maximum atomic E-state index is 5.84. The molecule has 1 aliphatic carbocycles. The second-order valence-electron chi connectivity index (χ2n) is 4.70. The third-order valence-electron chi connectivity index (χ3n) is 3.29. The van der Waals surface area contributed by atoms with E-state index < -0.39 is 0 Å². The molecule has 20 heavy (non-hydrogen) atoms. The van der Waals surface area contributed by atoms with Crippen molar-refractivity contribution in [2.24, 2.45) is 5.73 Å². The van der Waals surface area contributed by atoms with Crippen LogP contribution in [0.15, 0.2) is 39.3 Å². The predicted octanol–water partition coefficient (Wildman–Crippen LogP) is 2.88. The summed E-state index contributed by atoms with van der Waals surface area (Å²) < 4.78 is 11.4. The number of aromatic nitrogens is 2. The number of hydrogen-bond donors (Lipinski definition) is 1. The minimum Gasteiger partial charge on any atom is -0.496 e. The maximum absolute atomic E-state index is 5.84. The van der Waals surface area contributed by atoms with Crippen LogP contribution in [0.25, 0.3) is 11.4 Å². The lowest BCUT2D eigenvalue weighted by molar-refractivity contribution is 0.365. The monoisotopic (exact) mass is 335 g/mol. The lowest BCUT2D eigenvalue weighted by Crippen LogP contribution is -2.14. The Hall–Kier alpha value is -1.66. The van der Waals surface area contributed by atoms with Gasteiger partial charge in [-0.1, -0.05) is 17.3 Å². The first kappa shape index (κ1) is 13.3. The van der Waals surface area contributed by atoms with Crippen molar-refractivity contribution >= 4 is 15.9 Å². The van der Waals surface area contributed by atoms with Crippen LogP contribution >= 0.6 is 15.9 Å². The smallest absolute Gasteiger partial charge is 0.233 e. The van der Waals surface area contributed by atoms with Crippen LogP contribution in [0, 0.1) is 0 Å². The number of nitrogens with zero attached hydrogens (tertiary/aromatic N) is 2. The molecule has 1 aromatic heterocycles. The van der Waals surface area contributed by atoms with E-state index in [1.807, 2.05) is 30.4 Å². The Labute approximate surface area is 124 Å². The zero-order valence-electron chi connectivity index (χ0n) is 10.9. The summed E-state index contributed by atoms with van der Waals surface area (Å²) in [6.45, 7) is 0. The van der Waals surface area contributed by atoms with Gasteiger partial charge in [0.15, 0.2) is 0 Å². The number of methoxy groups -OCH3 is 1. The highest BCUT2D eigenvalue weighted by Crippen LogP contribution is 2.31. The molecular formula is C14H14BrN3O2. The highest BCUT2D eigenvalue weighted by Gasteiger charge is 2.23. The number of nitrogens with two attached hydrogens (primary N) is 1. The van der Waals surface area contributed by atoms with E-state index in [2.05, 4.69) is 26.1 Å². The molecule has 1 heterocycles. The molecule has 2 atom stereocenters. The summed E-state index contributed by atoms with van der Waals surface area (Å²) in [4.78, 5) is 4.45. The molecule has 3 rings (SSSR count). The van der Waals surface area contributed by atoms with Crippen molar-refractivity contribution in [3.63, 3.8) is 0 Å². The molecule has 1 aromatic carbocycles. The van der Waals surface area contributed by atoms with Crippen molar-refractivity contribution in [2.45, 2.75) is 18.4 Å². The topological polar surface area (TPSA) is 74.2 Å². The van der Waals surface area contributed by atoms with Gasteiger partial charge in [0, 0.05) is 11.6 Å². The van der Waals surface area contributed by atoms with Crippen LogP contribution in [-0.2, 0) is 0 Å². The van der Waals surface area contributed by atoms with E-state index in [4.69, 9.17) is 15.0 Å². The van der Waals surface area contributed by atoms with Crippen molar-refractivity contribution < 1.29 is 9.26 Å². The fraction of sp³-hybridized carbons (Fsp3) is 0.286. The van der Waals surface area contributed by atoms with Crippen LogP contribution < -0.4 is 10.5 Å². The van der Waals surface area contributed by atoms with Crippen LogP contribution in [0.4, 0.5) is 0 Å². The van der Waals surface area contributed by atoms with E-state index >= 15 is 0 Å². The first-order valence-corrected chi connectivity index (χ1v) is 7.08. The van der Waals surface area contributed by atoms with Gasteiger partial charge < -0.3 is 15.0 Å². The van der Waals surface area contributed by atoms with Crippen molar-refractivity contribution in [2.75, 3.05) is 7.11 Å². The van der Waals surface area contributed by atoms with Gasteiger partial charge >= 0.3 is 0 Å². The first-order chi connectivity index (χ1) is 9.67. The lowest BCUT2D eigenvalue weighted by Gasteiger charge is -2.03. The SMILES string of the molecule is COc1ccc(-c2noc(C3C=CC(N)C3)n2)cc1Br. The molecular weight excluding hydrogens is 322 g/mol. The molecule has 0 amide bonds. The molecule has 1 aliphatic rings. The summed E-state index contributed by atoms with van der Waals surface area (Å²) in [6, 6.07) is 5.74. The Morgan fingerprint density at radius 1 is 1.40 bits per heavy atom. The third kappa shape index (κ3) is 2.48. The molecule has 0 aliphatic heterocycles. The molecule has 0 spiro atoms. The molecule has 0 saturated heterocycles. The number of hydrogen-bond acceptors (Lipinski definition) is 5. The number of rotatable bonds is 3. The zero-order valence-corrected chi connectivity index (χ0v) is 12.5. The minimum absolute atomic E-state index is 0.0745.